The molecule has 1 heterocycles. The summed E-state index contributed by atoms with van der Waals surface area (Å²) in [5.74, 6) is 0. The molecule has 0 bridgehead atoms. The van der Waals surface area contributed by atoms with Gasteiger partial charge in [0.1, 0.15) is 0 Å². The second kappa shape index (κ2) is 5.81. The normalized spacial score (nSPS) is 13.6. The second-order valence-corrected chi connectivity index (χ2v) is 6.03. The zero-order chi connectivity index (χ0) is 13.9. The Morgan fingerprint density at radius 2 is 2.11 bits per heavy atom. The van der Waals surface area contributed by atoms with Gasteiger partial charge in [-0.2, -0.15) is 0 Å². The lowest BCUT2D eigenvalue weighted by Gasteiger charge is -2.23. The van der Waals surface area contributed by atoms with Gasteiger partial charge in [-0.3, -0.25) is 14.3 Å². The lowest BCUT2D eigenvalue weighted by molar-refractivity contribution is 0.140. The number of hydrogen-bond acceptors (Lipinski definition) is 4. The summed E-state index contributed by atoms with van der Waals surface area (Å²) in [5, 5.41) is 13.0. The van der Waals surface area contributed by atoms with Gasteiger partial charge in [-0.15, -0.1) is 0 Å². The number of rotatable bonds is 4. The van der Waals surface area contributed by atoms with Crippen molar-refractivity contribution in [1.29, 1.82) is 0 Å². The molecule has 1 unspecified atom stereocenters. The number of β-amino-alcohol motifs (C(OH)–C–C–N with tert-alkyl or cyclic N) is 1. The van der Waals surface area contributed by atoms with Crippen LogP contribution in [0.15, 0.2) is 20.3 Å². The van der Waals surface area contributed by atoms with Crippen LogP contribution in [-0.4, -0.2) is 32.8 Å². The van der Waals surface area contributed by atoms with Gasteiger partial charge < -0.3 is 10.4 Å². The average Bonchev–Trinajstić information content (AvgIpc) is 2.22. The Labute approximate surface area is 113 Å². The van der Waals surface area contributed by atoms with Crippen LogP contribution in [0.1, 0.15) is 20.8 Å². The minimum absolute atomic E-state index is 0.0997. The highest BCUT2D eigenvalue weighted by atomic mass is 79.9. The molecule has 3 N–H and O–H groups in total. The van der Waals surface area contributed by atoms with Gasteiger partial charge in [0.15, 0.2) is 0 Å². The van der Waals surface area contributed by atoms with Crippen LogP contribution in [0.3, 0.4) is 0 Å². The van der Waals surface area contributed by atoms with Crippen molar-refractivity contribution in [3.63, 3.8) is 0 Å². The van der Waals surface area contributed by atoms with E-state index in [0.29, 0.717) is 6.54 Å². The molecule has 0 amide bonds. The number of hydrogen-bond donors (Lipinski definition) is 3. The summed E-state index contributed by atoms with van der Waals surface area (Å²) in [6, 6.07) is 0. The van der Waals surface area contributed by atoms with Crippen molar-refractivity contribution in [2.45, 2.75) is 39.0 Å². The molecule has 1 atom stereocenters. The lowest BCUT2D eigenvalue weighted by atomic mass is 10.1. The van der Waals surface area contributed by atoms with Crippen LogP contribution < -0.4 is 16.6 Å². The van der Waals surface area contributed by atoms with Crippen LogP contribution in [0.4, 0.5) is 0 Å². The van der Waals surface area contributed by atoms with Gasteiger partial charge in [-0.25, -0.2) is 4.79 Å². The van der Waals surface area contributed by atoms with Crippen molar-refractivity contribution >= 4 is 15.9 Å². The number of nitrogens with one attached hydrogen (secondary N) is 2. The Kier molecular flexibility index (Phi) is 4.89. The number of halogens is 1. The summed E-state index contributed by atoms with van der Waals surface area (Å²) in [6.45, 7) is 6.46. The molecule has 0 fully saturated rings. The van der Waals surface area contributed by atoms with Crippen LogP contribution in [-0.2, 0) is 6.54 Å². The molecule has 0 aliphatic carbocycles. The van der Waals surface area contributed by atoms with Gasteiger partial charge in [-0.1, -0.05) is 0 Å². The monoisotopic (exact) mass is 319 g/mol. The third-order valence-corrected chi connectivity index (χ3v) is 2.81. The number of aromatic amines is 1. The fourth-order valence-corrected chi connectivity index (χ4v) is 1.68. The van der Waals surface area contributed by atoms with E-state index >= 15 is 0 Å². The predicted molar refractivity (Wildman–Crippen MR) is 72.8 cm³/mol. The van der Waals surface area contributed by atoms with E-state index in [2.05, 4.69) is 26.2 Å². The van der Waals surface area contributed by atoms with Crippen LogP contribution in [0.25, 0.3) is 0 Å². The fraction of sp³-hybridized carbons (Fsp3) is 0.636. The molecule has 0 radical (unpaired) electrons. The van der Waals surface area contributed by atoms with Crippen molar-refractivity contribution in [2.24, 2.45) is 0 Å². The number of aromatic nitrogens is 2. The zero-order valence-corrected chi connectivity index (χ0v) is 12.2. The van der Waals surface area contributed by atoms with E-state index < -0.39 is 17.4 Å². The molecule has 0 aliphatic heterocycles. The zero-order valence-electron chi connectivity index (χ0n) is 10.7. The van der Waals surface area contributed by atoms with E-state index in [1.54, 1.807) is 0 Å². The molecule has 1 aromatic rings. The molecule has 1 aromatic heterocycles. The van der Waals surface area contributed by atoms with Crippen molar-refractivity contribution in [1.82, 2.24) is 14.9 Å². The van der Waals surface area contributed by atoms with Gasteiger partial charge in [0, 0.05) is 18.3 Å². The third kappa shape index (κ3) is 4.75. The van der Waals surface area contributed by atoms with Gasteiger partial charge in [0.2, 0.25) is 0 Å². The highest BCUT2D eigenvalue weighted by molar-refractivity contribution is 9.10. The maximum absolute atomic E-state index is 11.5. The van der Waals surface area contributed by atoms with Crippen LogP contribution in [0.5, 0.6) is 0 Å². The molecular formula is C11H18BrN3O3. The highest BCUT2D eigenvalue weighted by Crippen LogP contribution is 2.01. The molecule has 1 rings (SSSR count). The first kappa shape index (κ1) is 15.1. The minimum Gasteiger partial charge on any atom is -0.390 e. The minimum atomic E-state index is -0.709. The summed E-state index contributed by atoms with van der Waals surface area (Å²) < 4.78 is 1.53. The summed E-state index contributed by atoms with van der Waals surface area (Å²) in [7, 11) is 0. The van der Waals surface area contributed by atoms with Crippen LogP contribution >= 0.6 is 15.9 Å². The number of nitrogens with zero attached hydrogens (tertiary/aromatic N) is 1. The molecule has 0 aromatic carbocycles. The largest absolute Gasteiger partial charge is 0.390 e. The Bertz CT molecular complexity index is 515. The predicted octanol–water partition coefficient (Wildman–Crippen LogP) is 0.0481. The van der Waals surface area contributed by atoms with E-state index in [9.17, 15) is 14.7 Å². The molecule has 6 nitrogen and oxygen atoms in total. The summed E-state index contributed by atoms with van der Waals surface area (Å²) in [6.07, 6.45) is 0.668. The van der Waals surface area contributed by atoms with Gasteiger partial charge in [0.05, 0.1) is 17.1 Å². The standard InChI is InChI=1S/C11H18BrN3O3/c1-11(2,3)13-4-7(16)5-15-6-8(12)9(17)14-10(15)18/h6-7,13,16H,4-5H2,1-3H3,(H,14,17,18). The SMILES string of the molecule is CC(C)(C)NCC(O)Cn1cc(Br)c(=O)[nH]c1=O. The molecule has 0 spiro atoms. The van der Waals surface area contributed by atoms with Gasteiger partial charge in [-0.05, 0) is 36.7 Å². The Hall–Kier alpha value is -0.920. The van der Waals surface area contributed by atoms with E-state index in [-0.39, 0.29) is 16.6 Å². The quantitative estimate of drug-likeness (QED) is 0.731. The highest BCUT2D eigenvalue weighted by Gasteiger charge is 2.13. The number of aliphatic hydroxyl groups excluding tert-OH is 1. The summed E-state index contributed by atoms with van der Waals surface area (Å²) >= 11 is 3.04. The third-order valence-electron chi connectivity index (χ3n) is 2.24. The molecule has 7 heteroatoms. The first-order valence-corrected chi connectivity index (χ1v) is 6.41. The topological polar surface area (TPSA) is 87.1 Å². The Morgan fingerprint density at radius 1 is 1.50 bits per heavy atom. The van der Waals surface area contributed by atoms with E-state index in [4.69, 9.17) is 0 Å². The second-order valence-electron chi connectivity index (χ2n) is 5.17. The fourth-order valence-electron chi connectivity index (χ4n) is 1.33. The van der Waals surface area contributed by atoms with Crippen LogP contribution in [0, 0.1) is 0 Å². The van der Waals surface area contributed by atoms with E-state index in [1.165, 1.54) is 10.8 Å². The molecule has 0 saturated heterocycles. The lowest BCUT2D eigenvalue weighted by Crippen LogP contribution is -2.43. The summed E-state index contributed by atoms with van der Waals surface area (Å²) in [4.78, 5) is 24.8. The van der Waals surface area contributed by atoms with Crippen molar-refractivity contribution in [2.75, 3.05) is 6.54 Å². The van der Waals surface area contributed by atoms with Crippen molar-refractivity contribution in [3.8, 4) is 0 Å². The molecule has 0 saturated carbocycles. The number of H-pyrrole nitrogens is 1. The van der Waals surface area contributed by atoms with Crippen molar-refractivity contribution < 1.29 is 5.11 Å². The Balaban J connectivity index is 2.71. The van der Waals surface area contributed by atoms with Crippen LogP contribution in [0.2, 0.25) is 0 Å². The maximum Gasteiger partial charge on any atom is 0.328 e. The summed E-state index contributed by atoms with van der Waals surface area (Å²) in [5.41, 5.74) is -1.10. The molecular weight excluding hydrogens is 302 g/mol. The van der Waals surface area contributed by atoms with Crippen molar-refractivity contribution in [3.05, 3.63) is 31.5 Å². The molecule has 102 valence electrons. The molecule has 18 heavy (non-hydrogen) atoms. The van der Waals surface area contributed by atoms with Gasteiger partial charge >= 0.3 is 5.69 Å². The first-order valence-electron chi connectivity index (χ1n) is 5.61. The van der Waals surface area contributed by atoms with E-state index in [1.807, 2.05) is 20.8 Å². The number of aliphatic hydroxyl groups is 1. The first-order chi connectivity index (χ1) is 8.19. The van der Waals surface area contributed by atoms with E-state index in [0.717, 1.165) is 0 Å². The molecule has 0 aliphatic rings. The smallest absolute Gasteiger partial charge is 0.328 e. The maximum atomic E-state index is 11.5. The Morgan fingerprint density at radius 3 is 2.67 bits per heavy atom. The average molecular weight is 320 g/mol. The van der Waals surface area contributed by atoms with Gasteiger partial charge in [0.25, 0.3) is 5.56 Å².